The SMILES string of the molecule is Cc1ccc(NC(=O)[C@@H](NS(=O)(=O)c2ccccc2F)C(C)C)cc1S(N)(=O)=O. The Bertz CT molecular complexity index is 1130. The van der Waals surface area contributed by atoms with E-state index in [1.54, 1.807) is 20.8 Å². The molecular formula is C18H22FN3O5S2. The van der Waals surface area contributed by atoms with Crippen LogP contribution in [0.2, 0.25) is 0 Å². The standard InChI is InChI=1S/C18H22FN3O5S2/c1-11(2)17(22-29(26,27)15-7-5-4-6-14(15)19)18(23)21-13-9-8-12(3)16(10-13)28(20,24)25/h4-11,17,22H,1-3H3,(H,21,23)(H2,20,24,25)/t17-/m0/s1. The molecule has 0 aliphatic carbocycles. The summed E-state index contributed by atoms with van der Waals surface area (Å²) in [6.07, 6.45) is 0. The summed E-state index contributed by atoms with van der Waals surface area (Å²) in [5.41, 5.74) is 0.520. The van der Waals surface area contributed by atoms with E-state index in [1.165, 1.54) is 30.3 Å². The molecule has 1 amide bonds. The summed E-state index contributed by atoms with van der Waals surface area (Å²) in [5.74, 6) is -2.16. The molecular weight excluding hydrogens is 421 g/mol. The fourth-order valence-corrected chi connectivity index (χ4v) is 4.82. The maximum absolute atomic E-state index is 13.9. The third-order valence-corrected chi connectivity index (χ3v) is 6.65. The van der Waals surface area contributed by atoms with E-state index in [2.05, 4.69) is 10.0 Å². The van der Waals surface area contributed by atoms with Crippen LogP contribution in [0.4, 0.5) is 10.1 Å². The minimum Gasteiger partial charge on any atom is -0.325 e. The molecule has 0 aliphatic heterocycles. The molecule has 1 atom stereocenters. The van der Waals surface area contributed by atoms with Crippen LogP contribution in [0.5, 0.6) is 0 Å². The summed E-state index contributed by atoms with van der Waals surface area (Å²) >= 11 is 0. The number of hydrogen-bond donors (Lipinski definition) is 3. The highest BCUT2D eigenvalue weighted by molar-refractivity contribution is 7.89. The Morgan fingerprint density at radius 3 is 2.21 bits per heavy atom. The van der Waals surface area contributed by atoms with Crippen molar-refractivity contribution < 1.29 is 26.0 Å². The third-order valence-electron chi connectivity index (χ3n) is 4.12. The van der Waals surface area contributed by atoms with E-state index in [0.717, 1.165) is 12.1 Å². The molecule has 4 N–H and O–H groups in total. The summed E-state index contributed by atoms with van der Waals surface area (Å²) in [7, 11) is -8.31. The Labute approximate surface area is 169 Å². The van der Waals surface area contributed by atoms with Crippen molar-refractivity contribution in [2.45, 2.75) is 36.6 Å². The summed E-state index contributed by atoms with van der Waals surface area (Å²) < 4.78 is 64.4. The molecule has 0 saturated carbocycles. The maximum atomic E-state index is 13.9. The van der Waals surface area contributed by atoms with E-state index in [1.807, 2.05) is 0 Å². The van der Waals surface area contributed by atoms with Crippen LogP contribution >= 0.6 is 0 Å². The molecule has 8 nitrogen and oxygen atoms in total. The quantitative estimate of drug-likeness (QED) is 0.599. The van der Waals surface area contributed by atoms with Crippen LogP contribution in [0.25, 0.3) is 0 Å². The highest BCUT2D eigenvalue weighted by Crippen LogP contribution is 2.20. The minimum atomic E-state index is -4.31. The topological polar surface area (TPSA) is 135 Å². The molecule has 0 aliphatic rings. The highest BCUT2D eigenvalue weighted by atomic mass is 32.2. The van der Waals surface area contributed by atoms with Gasteiger partial charge >= 0.3 is 0 Å². The van der Waals surface area contributed by atoms with Gasteiger partial charge in [-0.05, 0) is 42.7 Å². The molecule has 0 bridgehead atoms. The van der Waals surface area contributed by atoms with Gasteiger partial charge in [0.1, 0.15) is 16.8 Å². The molecule has 2 rings (SSSR count). The lowest BCUT2D eigenvalue weighted by Gasteiger charge is -2.22. The molecule has 0 fully saturated rings. The van der Waals surface area contributed by atoms with Gasteiger partial charge in [0.2, 0.25) is 26.0 Å². The largest absolute Gasteiger partial charge is 0.325 e. The molecule has 29 heavy (non-hydrogen) atoms. The highest BCUT2D eigenvalue weighted by Gasteiger charge is 2.30. The zero-order valence-electron chi connectivity index (χ0n) is 16.0. The number of rotatable bonds is 7. The van der Waals surface area contributed by atoms with Gasteiger partial charge in [-0.2, -0.15) is 4.72 Å². The van der Waals surface area contributed by atoms with E-state index < -0.39 is 48.6 Å². The number of hydrogen-bond acceptors (Lipinski definition) is 5. The number of anilines is 1. The Morgan fingerprint density at radius 2 is 1.66 bits per heavy atom. The number of carbonyl (C=O) groups is 1. The van der Waals surface area contributed by atoms with Crippen LogP contribution < -0.4 is 15.2 Å². The zero-order chi connectivity index (χ0) is 22.0. The normalized spacial score (nSPS) is 13.3. The van der Waals surface area contributed by atoms with Crippen LogP contribution in [0.3, 0.4) is 0 Å². The van der Waals surface area contributed by atoms with Crippen molar-refractivity contribution in [2.75, 3.05) is 5.32 Å². The zero-order valence-corrected chi connectivity index (χ0v) is 17.6. The molecule has 0 spiro atoms. The summed E-state index contributed by atoms with van der Waals surface area (Å²) in [6, 6.07) is 7.67. The van der Waals surface area contributed by atoms with Gasteiger partial charge in [-0.3, -0.25) is 4.79 Å². The monoisotopic (exact) mass is 443 g/mol. The predicted molar refractivity (Wildman–Crippen MR) is 107 cm³/mol. The second kappa shape index (κ2) is 8.57. The lowest BCUT2D eigenvalue weighted by atomic mass is 10.0. The third kappa shape index (κ3) is 5.60. The molecule has 2 aromatic rings. The lowest BCUT2D eigenvalue weighted by molar-refractivity contribution is -0.118. The number of carbonyl (C=O) groups excluding carboxylic acids is 1. The van der Waals surface area contributed by atoms with Crippen LogP contribution in [0.15, 0.2) is 52.3 Å². The van der Waals surface area contributed by atoms with Crippen molar-refractivity contribution in [3.63, 3.8) is 0 Å². The molecule has 158 valence electrons. The first kappa shape index (κ1) is 22.9. The Kier molecular flexibility index (Phi) is 6.78. The van der Waals surface area contributed by atoms with Crippen LogP contribution in [-0.4, -0.2) is 28.8 Å². The fourth-order valence-electron chi connectivity index (χ4n) is 2.59. The molecule has 0 aromatic heterocycles. The number of halogens is 1. The first-order valence-electron chi connectivity index (χ1n) is 8.54. The van der Waals surface area contributed by atoms with E-state index in [9.17, 15) is 26.0 Å². The lowest BCUT2D eigenvalue weighted by Crippen LogP contribution is -2.47. The van der Waals surface area contributed by atoms with E-state index in [4.69, 9.17) is 5.14 Å². The second-order valence-corrected chi connectivity index (χ2v) is 10.0. The van der Waals surface area contributed by atoms with Crippen LogP contribution in [-0.2, 0) is 24.8 Å². The maximum Gasteiger partial charge on any atom is 0.244 e. The van der Waals surface area contributed by atoms with E-state index in [-0.39, 0.29) is 10.6 Å². The molecule has 0 unspecified atom stereocenters. The van der Waals surface area contributed by atoms with Crippen molar-refractivity contribution in [1.82, 2.24) is 4.72 Å². The number of sulfonamides is 2. The van der Waals surface area contributed by atoms with Crippen LogP contribution in [0.1, 0.15) is 19.4 Å². The molecule has 11 heteroatoms. The number of primary sulfonamides is 1. The average molecular weight is 444 g/mol. The van der Waals surface area contributed by atoms with Gasteiger partial charge in [0.25, 0.3) is 0 Å². The Hall–Kier alpha value is -2.34. The van der Waals surface area contributed by atoms with Crippen molar-refractivity contribution >= 4 is 31.6 Å². The summed E-state index contributed by atoms with van der Waals surface area (Å²) in [6.45, 7) is 4.77. The van der Waals surface area contributed by atoms with Gasteiger partial charge in [-0.1, -0.05) is 32.0 Å². The number of nitrogens with two attached hydrogens (primary N) is 1. The Morgan fingerprint density at radius 1 is 1.03 bits per heavy atom. The summed E-state index contributed by atoms with van der Waals surface area (Å²) in [5, 5.41) is 7.63. The fraction of sp³-hybridized carbons (Fsp3) is 0.278. The second-order valence-electron chi connectivity index (χ2n) is 6.79. The molecule has 2 aromatic carbocycles. The summed E-state index contributed by atoms with van der Waals surface area (Å²) in [4.78, 5) is 11.9. The van der Waals surface area contributed by atoms with E-state index >= 15 is 0 Å². The molecule has 0 saturated heterocycles. The Balaban J connectivity index is 2.31. The minimum absolute atomic E-state index is 0.125. The van der Waals surface area contributed by atoms with E-state index in [0.29, 0.717) is 5.56 Å². The first-order chi connectivity index (χ1) is 13.3. The van der Waals surface area contributed by atoms with Gasteiger partial charge < -0.3 is 5.32 Å². The molecule has 0 heterocycles. The number of benzene rings is 2. The molecule has 0 radical (unpaired) electrons. The van der Waals surface area contributed by atoms with Gasteiger partial charge in [0.05, 0.1) is 4.90 Å². The number of nitrogens with one attached hydrogen (secondary N) is 2. The van der Waals surface area contributed by atoms with Gasteiger partial charge in [0.15, 0.2) is 0 Å². The van der Waals surface area contributed by atoms with Crippen molar-refractivity contribution in [3.05, 3.63) is 53.8 Å². The van der Waals surface area contributed by atoms with Gasteiger partial charge in [0, 0.05) is 5.69 Å². The van der Waals surface area contributed by atoms with Crippen molar-refractivity contribution in [3.8, 4) is 0 Å². The van der Waals surface area contributed by atoms with Crippen molar-refractivity contribution in [1.29, 1.82) is 0 Å². The smallest absolute Gasteiger partial charge is 0.244 e. The van der Waals surface area contributed by atoms with Crippen LogP contribution in [0, 0.1) is 18.7 Å². The average Bonchev–Trinajstić information content (AvgIpc) is 2.60. The van der Waals surface area contributed by atoms with Gasteiger partial charge in [-0.15, -0.1) is 0 Å². The number of aryl methyl sites for hydroxylation is 1. The predicted octanol–water partition coefficient (Wildman–Crippen LogP) is 1.72. The first-order valence-corrected chi connectivity index (χ1v) is 11.6. The number of amides is 1. The van der Waals surface area contributed by atoms with Crippen molar-refractivity contribution in [2.24, 2.45) is 11.1 Å². The van der Waals surface area contributed by atoms with Gasteiger partial charge in [-0.25, -0.2) is 26.4 Å².